The molecule has 0 saturated heterocycles. The Kier molecular flexibility index (Phi) is 4.08. The zero-order valence-corrected chi connectivity index (χ0v) is 13.5. The van der Waals surface area contributed by atoms with Crippen LogP contribution in [0.4, 0.5) is 10.5 Å². The zero-order chi connectivity index (χ0) is 15.7. The molecule has 2 aromatic carbocycles. The summed E-state index contributed by atoms with van der Waals surface area (Å²) in [6.07, 6.45) is 1.99. The number of hydrogen-bond donors (Lipinski definition) is 1. The number of amides is 2. The largest absolute Gasteiger partial charge is 0.322 e. The van der Waals surface area contributed by atoms with Gasteiger partial charge in [0.2, 0.25) is 0 Å². The van der Waals surface area contributed by atoms with E-state index in [9.17, 15) is 4.79 Å². The van der Waals surface area contributed by atoms with Gasteiger partial charge in [-0.2, -0.15) is 0 Å². The summed E-state index contributed by atoms with van der Waals surface area (Å²) < 4.78 is 0. The lowest BCUT2D eigenvalue weighted by Crippen LogP contribution is -2.34. The van der Waals surface area contributed by atoms with Crippen LogP contribution in [0.25, 0.3) is 0 Å². The predicted molar refractivity (Wildman–Crippen MR) is 90.5 cm³/mol. The van der Waals surface area contributed by atoms with E-state index in [-0.39, 0.29) is 12.1 Å². The number of nitrogens with zero attached hydrogens (tertiary/aromatic N) is 1. The summed E-state index contributed by atoms with van der Waals surface area (Å²) in [6, 6.07) is 13.9. The molecule has 3 nitrogen and oxygen atoms in total. The van der Waals surface area contributed by atoms with Gasteiger partial charge in [0.15, 0.2) is 0 Å². The minimum atomic E-state index is -0.105. The lowest BCUT2D eigenvalue weighted by molar-refractivity contribution is 0.204. The molecule has 22 heavy (non-hydrogen) atoms. The van der Waals surface area contributed by atoms with E-state index in [1.807, 2.05) is 38.2 Å². The van der Waals surface area contributed by atoms with Crippen LogP contribution >= 0.6 is 11.6 Å². The summed E-state index contributed by atoms with van der Waals surface area (Å²) in [5.41, 5.74) is 4.24. The summed E-state index contributed by atoms with van der Waals surface area (Å²) in [6.45, 7) is 1.91. The molecule has 0 unspecified atom stereocenters. The normalized spacial score (nSPS) is 16.2. The highest BCUT2D eigenvalue weighted by molar-refractivity contribution is 6.31. The van der Waals surface area contributed by atoms with E-state index >= 15 is 0 Å². The van der Waals surface area contributed by atoms with Gasteiger partial charge in [-0.3, -0.25) is 0 Å². The second-order valence-corrected chi connectivity index (χ2v) is 6.11. The molecule has 0 radical (unpaired) electrons. The van der Waals surface area contributed by atoms with E-state index in [0.29, 0.717) is 5.02 Å². The standard InChI is InChI=1S/C18H19ClN2O/c1-12-15(19)8-5-9-16(12)20-18(22)21(2)17-11-10-13-6-3-4-7-14(13)17/h3-9,17H,10-11H2,1-2H3,(H,20,22)/t17-/m0/s1. The number of anilines is 1. The van der Waals surface area contributed by atoms with E-state index in [0.717, 1.165) is 24.1 Å². The van der Waals surface area contributed by atoms with Crippen molar-refractivity contribution < 1.29 is 4.79 Å². The number of halogens is 1. The molecule has 0 aromatic heterocycles. The smallest absolute Gasteiger partial charge is 0.321 e. The van der Waals surface area contributed by atoms with Crippen molar-refractivity contribution in [1.29, 1.82) is 0 Å². The Morgan fingerprint density at radius 2 is 2.00 bits per heavy atom. The summed E-state index contributed by atoms with van der Waals surface area (Å²) in [7, 11) is 1.85. The molecule has 3 rings (SSSR count). The number of nitrogens with one attached hydrogen (secondary N) is 1. The predicted octanol–water partition coefficient (Wildman–Crippen LogP) is 4.80. The van der Waals surface area contributed by atoms with Gasteiger partial charge in [0, 0.05) is 17.8 Å². The van der Waals surface area contributed by atoms with Gasteiger partial charge < -0.3 is 10.2 Å². The Morgan fingerprint density at radius 1 is 1.23 bits per heavy atom. The molecule has 0 heterocycles. The van der Waals surface area contributed by atoms with Gasteiger partial charge in [-0.1, -0.05) is 41.9 Å². The number of urea groups is 1. The van der Waals surface area contributed by atoms with Gasteiger partial charge in [-0.15, -0.1) is 0 Å². The van der Waals surface area contributed by atoms with Gasteiger partial charge in [-0.05, 0) is 48.6 Å². The highest BCUT2D eigenvalue weighted by atomic mass is 35.5. The van der Waals surface area contributed by atoms with Crippen molar-refractivity contribution >= 4 is 23.3 Å². The number of hydrogen-bond acceptors (Lipinski definition) is 1. The second kappa shape index (κ2) is 6.01. The average Bonchev–Trinajstić information content (AvgIpc) is 2.95. The van der Waals surface area contributed by atoms with E-state index in [4.69, 9.17) is 11.6 Å². The molecule has 1 N–H and O–H groups in total. The van der Waals surface area contributed by atoms with E-state index in [2.05, 4.69) is 23.5 Å². The topological polar surface area (TPSA) is 32.3 Å². The molecule has 1 aliphatic rings. The monoisotopic (exact) mass is 314 g/mol. The molecule has 2 amide bonds. The molecular formula is C18H19ClN2O. The minimum Gasteiger partial charge on any atom is -0.321 e. The first-order valence-corrected chi connectivity index (χ1v) is 7.82. The molecule has 0 spiro atoms. The van der Waals surface area contributed by atoms with Crippen molar-refractivity contribution in [2.24, 2.45) is 0 Å². The fourth-order valence-electron chi connectivity index (χ4n) is 3.02. The highest BCUT2D eigenvalue weighted by Crippen LogP contribution is 2.35. The molecular weight excluding hydrogens is 296 g/mol. The van der Waals surface area contributed by atoms with Crippen LogP contribution in [0.2, 0.25) is 5.02 Å². The van der Waals surface area contributed by atoms with Crippen LogP contribution in [-0.4, -0.2) is 18.0 Å². The fraction of sp³-hybridized carbons (Fsp3) is 0.278. The van der Waals surface area contributed by atoms with Gasteiger partial charge in [0.05, 0.1) is 6.04 Å². The van der Waals surface area contributed by atoms with Gasteiger partial charge in [0.25, 0.3) is 0 Å². The summed E-state index contributed by atoms with van der Waals surface area (Å²) in [5, 5.41) is 3.62. The van der Waals surface area contributed by atoms with Crippen LogP contribution in [0.5, 0.6) is 0 Å². The molecule has 0 fully saturated rings. The zero-order valence-electron chi connectivity index (χ0n) is 12.8. The Hall–Kier alpha value is -2.00. The van der Waals surface area contributed by atoms with Crippen LogP contribution in [0.3, 0.4) is 0 Å². The van der Waals surface area contributed by atoms with Crippen LogP contribution < -0.4 is 5.32 Å². The number of rotatable bonds is 2. The summed E-state index contributed by atoms with van der Waals surface area (Å²) >= 11 is 6.11. The Labute approximate surface area is 135 Å². The Balaban J connectivity index is 1.77. The Morgan fingerprint density at radius 3 is 2.82 bits per heavy atom. The number of carbonyl (C=O) groups excluding carboxylic acids is 1. The minimum absolute atomic E-state index is 0.105. The first-order valence-electron chi connectivity index (χ1n) is 7.44. The molecule has 0 bridgehead atoms. The maximum absolute atomic E-state index is 12.5. The van der Waals surface area contributed by atoms with Crippen molar-refractivity contribution in [3.05, 3.63) is 64.2 Å². The van der Waals surface area contributed by atoms with E-state index in [1.54, 1.807) is 4.90 Å². The maximum Gasteiger partial charge on any atom is 0.322 e. The first-order chi connectivity index (χ1) is 10.6. The van der Waals surface area contributed by atoms with Crippen molar-refractivity contribution in [3.63, 3.8) is 0 Å². The van der Waals surface area contributed by atoms with Crippen molar-refractivity contribution in [2.75, 3.05) is 12.4 Å². The average molecular weight is 315 g/mol. The highest BCUT2D eigenvalue weighted by Gasteiger charge is 2.28. The lowest BCUT2D eigenvalue weighted by Gasteiger charge is -2.26. The number of aryl methyl sites for hydroxylation is 1. The van der Waals surface area contributed by atoms with Crippen LogP contribution in [0, 0.1) is 6.92 Å². The van der Waals surface area contributed by atoms with Gasteiger partial charge in [-0.25, -0.2) is 4.79 Å². The van der Waals surface area contributed by atoms with Crippen LogP contribution in [0.15, 0.2) is 42.5 Å². The van der Waals surface area contributed by atoms with Crippen molar-refractivity contribution in [1.82, 2.24) is 4.90 Å². The molecule has 114 valence electrons. The third-order valence-electron chi connectivity index (χ3n) is 4.40. The molecule has 0 aliphatic heterocycles. The third kappa shape index (κ3) is 2.69. The van der Waals surface area contributed by atoms with Crippen molar-refractivity contribution in [3.8, 4) is 0 Å². The second-order valence-electron chi connectivity index (χ2n) is 5.71. The van der Waals surface area contributed by atoms with E-state index < -0.39 is 0 Å². The van der Waals surface area contributed by atoms with Crippen molar-refractivity contribution in [2.45, 2.75) is 25.8 Å². The third-order valence-corrected chi connectivity index (χ3v) is 4.81. The number of fused-ring (bicyclic) bond motifs is 1. The number of carbonyl (C=O) groups is 1. The maximum atomic E-state index is 12.5. The quantitative estimate of drug-likeness (QED) is 0.848. The SMILES string of the molecule is Cc1c(Cl)cccc1NC(=O)N(C)[C@H]1CCc2ccccc21. The molecule has 1 atom stereocenters. The fourth-order valence-corrected chi connectivity index (χ4v) is 3.20. The van der Waals surface area contributed by atoms with Gasteiger partial charge in [0.1, 0.15) is 0 Å². The Bertz CT molecular complexity index is 714. The first kappa shape index (κ1) is 14.9. The van der Waals surface area contributed by atoms with Crippen LogP contribution in [-0.2, 0) is 6.42 Å². The summed E-state index contributed by atoms with van der Waals surface area (Å²) in [5.74, 6) is 0. The molecule has 2 aromatic rings. The molecule has 4 heteroatoms. The molecule has 1 aliphatic carbocycles. The van der Waals surface area contributed by atoms with Crippen LogP contribution in [0.1, 0.15) is 29.2 Å². The molecule has 0 saturated carbocycles. The van der Waals surface area contributed by atoms with Gasteiger partial charge >= 0.3 is 6.03 Å². The summed E-state index contributed by atoms with van der Waals surface area (Å²) in [4.78, 5) is 14.3. The lowest BCUT2D eigenvalue weighted by atomic mass is 10.1. The van der Waals surface area contributed by atoms with E-state index in [1.165, 1.54) is 11.1 Å². The number of benzene rings is 2.